The molecule has 0 aromatic heterocycles. The minimum atomic E-state index is -0.235. The molecule has 1 saturated heterocycles. The summed E-state index contributed by atoms with van der Waals surface area (Å²) in [6, 6.07) is 6.48. The first kappa shape index (κ1) is 20.1. The van der Waals surface area contributed by atoms with Crippen LogP contribution >= 0.6 is 24.0 Å². The Balaban J connectivity index is 0.00000264. The van der Waals surface area contributed by atoms with E-state index in [0.717, 1.165) is 18.1 Å². The van der Waals surface area contributed by atoms with E-state index in [-0.39, 0.29) is 42.0 Å². The molecule has 1 aromatic carbocycles. The first-order chi connectivity index (χ1) is 10.6. The number of aliphatic imine (C=N–C) groups is 1. The van der Waals surface area contributed by atoms with Gasteiger partial charge in [0.2, 0.25) is 0 Å². The molecule has 23 heavy (non-hydrogen) atoms. The molecule has 130 valence electrons. The summed E-state index contributed by atoms with van der Waals surface area (Å²) in [6.45, 7) is 4.81. The van der Waals surface area contributed by atoms with E-state index in [0.29, 0.717) is 19.7 Å². The lowest BCUT2D eigenvalue weighted by Crippen LogP contribution is -2.51. The highest BCUT2D eigenvalue weighted by Crippen LogP contribution is 2.25. The molecule has 7 heteroatoms. The Hall–Kier alpha value is -0.930. The largest absolute Gasteiger partial charge is 0.383 e. The van der Waals surface area contributed by atoms with E-state index in [1.807, 2.05) is 6.92 Å². The smallest absolute Gasteiger partial charge is 0.193 e. The lowest BCUT2D eigenvalue weighted by molar-refractivity contribution is -0.0605. The van der Waals surface area contributed by atoms with Gasteiger partial charge in [0.25, 0.3) is 0 Å². The van der Waals surface area contributed by atoms with Crippen LogP contribution < -0.4 is 5.32 Å². The minimum Gasteiger partial charge on any atom is -0.383 e. The van der Waals surface area contributed by atoms with Gasteiger partial charge in [0.15, 0.2) is 5.96 Å². The molecule has 1 heterocycles. The lowest BCUT2D eigenvalue weighted by Gasteiger charge is -2.38. The van der Waals surface area contributed by atoms with Gasteiger partial charge in [0, 0.05) is 27.2 Å². The Labute approximate surface area is 154 Å². The topological polar surface area (TPSA) is 46.1 Å². The van der Waals surface area contributed by atoms with Crippen molar-refractivity contribution in [3.63, 3.8) is 0 Å². The number of benzene rings is 1. The van der Waals surface area contributed by atoms with Gasteiger partial charge >= 0.3 is 0 Å². The van der Waals surface area contributed by atoms with Gasteiger partial charge in [-0.15, -0.1) is 24.0 Å². The number of rotatable bonds is 4. The van der Waals surface area contributed by atoms with E-state index in [2.05, 4.69) is 15.2 Å². The van der Waals surface area contributed by atoms with Crippen molar-refractivity contribution in [2.24, 2.45) is 4.99 Å². The molecule has 1 aliphatic heterocycles. The highest BCUT2D eigenvalue weighted by molar-refractivity contribution is 14.0. The summed E-state index contributed by atoms with van der Waals surface area (Å²) in [7, 11) is 3.44. The summed E-state index contributed by atoms with van der Waals surface area (Å²) < 4.78 is 24.1. The zero-order chi connectivity index (χ0) is 15.9. The number of methoxy groups -OCH3 is 1. The molecular weight excluding hydrogens is 412 g/mol. The van der Waals surface area contributed by atoms with E-state index in [1.165, 1.54) is 12.1 Å². The summed E-state index contributed by atoms with van der Waals surface area (Å²) in [5.41, 5.74) is 0.977. The zero-order valence-electron chi connectivity index (χ0n) is 13.8. The SMILES string of the molecule is CN=C(NCCOC)N1CC(C)OC(c2ccc(F)cc2)C1.I. The highest BCUT2D eigenvalue weighted by Gasteiger charge is 2.28. The van der Waals surface area contributed by atoms with Gasteiger partial charge in [0.05, 0.1) is 19.3 Å². The van der Waals surface area contributed by atoms with Gasteiger partial charge in [-0.2, -0.15) is 0 Å². The van der Waals surface area contributed by atoms with Crippen LogP contribution in [0.15, 0.2) is 29.3 Å². The Morgan fingerprint density at radius 2 is 2.09 bits per heavy atom. The number of guanidine groups is 1. The molecule has 2 atom stereocenters. The molecule has 5 nitrogen and oxygen atoms in total. The number of ether oxygens (including phenoxy) is 2. The summed E-state index contributed by atoms with van der Waals surface area (Å²) in [4.78, 5) is 6.49. The predicted molar refractivity (Wildman–Crippen MR) is 99.9 cm³/mol. The van der Waals surface area contributed by atoms with Crippen molar-refractivity contribution in [2.75, 3.05) is 40.4 Å². The average molecular weight is 437 g/mol. The fraction of sp³-hybridized carbons (Fsp3) is 0.562. The maximum Gasteiger partial charge on any atom is 0.193 e. The lowest BCUT2D eigenvalue weighted by atomic mass is 10.1. The van der Waals surface area contributed by atoms with E-state index < -0.39 is 0 Å². The summed E-state index contributed by atoms with van der Waals surface area (Å²) in [6.07, 6.45) is -0.0184. The number of hydrogen-bond donors (Lipinski definition) is 1. The Morgan fingerprint density at radius 1 is 1.39 bits per heavy atom. The first-order valence-corrected chi connectivity index (χ1v) is 7.49. The molecule has 1 fully saturated rings. The third kappa shape index (κ3) is 5.89. The second-order valence-corrected chi connectivity index (χ2v) is 5.36. The van der Waals surface area contributed by atoms with Gasteiger partial charge < -0.3 is 19.7 Å². The van der Waals surface area contributed by atoms with Crippen molar-refractivity contribution in [1.29, 1.82) is 0 Å². The first-order valence-electron chi connectivity index (χ1n) is 7.49. The molecule has 0 bridgehead atoms. The van der Waals surface area contributed by atoms with Crippen molar-refractivity contribution < 1.29 is 13.9 Å². The van der Waals surface area contributed by atoms with Crippen molar-refractivity contribution in [3.8, 4) is 0 Å². The number of halogens is 2. The van der Waals surface area contributed by atoms with Crippen LogP contribution in [0.5, 0.6) is 0 Å². The van der Waals surface area contributed by atoms with E-state index in [9.17, 15) is 4.39 Å². The second-order valence-electron chi connectivity index (χ2n) is 5.36. The number of hydrogen-bond acceptors (Lipinski definition) is 3. The summed E-state index contributed by atoms with van der Waals surface area (Å²) in [5, 5.41) is 3.28. The van der Waals surface area contributed by atoms with Gasteiger partial charge in [-0.1, -0.05) is 12.1 Å². The maximum absolute atomic E-state index is 13.1. The van der Waals surface area contributed by atoms with Crippen LogP contribution in [0.1, 0.15) is 18.6 Å². The fourth-order valence-corrected chi connectivity index (χ4v) is 2.58. The van der Waals surface area contributed by atoms with Crippen LogP contribution in [-0.2, 0) is 9.47 Å². The zero-order valence-corrected chi connectivity index (χ0v) is 16.1. The summed E-state index contributed by atoms with van der Waals surface area (Å²) >= 11 is 0. The molecule has 0 spiro atoms. The van der Waals surface area contributed by atoms with Crippen LogP contribution in [0, 0.1) is 5.82 Å². The van der Waals surface area contributed by atoms with Gasteiger partial charge in [-0.25, -0.2) is 4.39 Å². The van der Waals surface area contributed by atoms with Crippen molar-refractivity contribution >= 4 is 29.9 Å². The molecule has 2 rings (SSSR count). The molecule has 0 radical (unpaired) electrons. The Bertz CT molecular complexity index is 499. The second kappa shape index (κ2) is 10.0. The minimum absolute atomic E-state index is 0. The molecule has 0 saturated carbocycles. The molecule has 0 aliphatic carbocycles. The Kier molecular flexibility index (Phi) is 8.78. The van der Waals surface area contributed by atoms with Crippen LogP contribution in [0.4, 0.5) is 4.39 Å². The quantitative estimate of drug-likeness (QED) is 0.340. The molecule has 1 aromatic rings. The van der Waals surface area contributed by atoms with Crippen molar-refractivity contribution in [3.05, 3.63) is 35.6 Å². The number of nitrogens with one attached hydrogen (secondary N) is 1. The van der Waals surface area contributed by atoms with Gasteiger partial charge in [-0.05, 0) is 24.6 Å². The summed E-state index contributed by atoms with van der Waals surface area (Å²) in [5.74, 6) is 0.598. The maximum atomic E-state index is 13.1. The van der Waals surface area contributed by atoms with Gasteiger partial charge in [0.1, 0.15) is 11.9 Å². The van der Waals surface area contributed by atoms with Crippen molar-refractivity contribution in [1.82, 2.24) is 10.2 Å². The van der Waals surface area contributed by atoms with Crippen LogP contribution in [-0.4, -0.2) is 57.4 Å². The highest BCUT2D eigenvalue weighted by atomic mass is 127. The molecule has 0 amide bonds. The molecule has 2 unspecified atom stereocenters. The average Bonchev–Trinajstić information content (AvgIpc) is 2.52. The van der Waals surface area contributed by atoms with Crippen LogP contribution in [0.2, 0.25) is 0 Å². The standard InChI is InChI=1S/C16H24FN3O2.HI/c1-12-10-20(16(18-2)19-8-9-21-3)11-15(22-12)13-4-6-14(17)7-5-13;/h4-7,12,15H,8-11H2,1-3H3,(H,18,19);1H. The third-order valence-electron chi connectivity index (χ3n) is 3.60. The van der Waals surface area contributed by atoms with Crippen LogP contribution in [0.3, 0.4) is 0 Å². The molecule has 1 N–H and O–H groups in total. The third-order valence-corrected chi connectivity index (χ3v) is 3.60. The van der Waals surface area contributed by atoms with E-state index in [4.69, 9.17) is 9.47 Å². The fourth-order valence-electron chi connectivity index (χ4n) is 2.58. The molecular formula is C16H25FIN3O2. The van der Waals surface area contributed by atoms with Crippen molar-refractivity contribution in [2.45, 2.75) is 19.1 Å². The van der Waals surface area contributed by atoms with E-state index in [1.54, 1.807) is 26.3 Å². The number of nitrogens with zero attached hydrogens (tertiary/aromatic N) is 2. The Morgan fingerprint density at radius 3 is 2.70 bits per heavy atom. The molecule has 1 aliphatic rings. The van der Waals surface area contributed by atoms with E-state index >= 15 is 0 Å². The van der Waals surface area contributed by atoms with Gasteiger partial charge in [-0.3, -0.25) is 4.99 Å². The number of morpholine rings is 1. The monoisotopic (exact) mass is 437 g/mol. The normalized spacial score (nSPS) is 21.7. The van der Waals surface area contributed by atoms with Crippen LogP contribution in [0.25, 0.3) is 0 Å². The predicted octanol–water partition coefficient (Wildman–Crippen LogP) is 2.43.